The summed E-state index contributed by atoms with van der Waals surface area (Å²) in [7, 11) is 1.41. The molecule has 2 amide bonds. The number of carboxylic acid groups (broad SMARTS) is 1. The first-order valence-electron chi connectivity index (χ1n) is 8.61. The molecule has 2 aromatic carbocycles. The molecule has 7 nitrogen and oxygen atoms in total. The molecule has 0 aromatic heterocycles. The number of ether oxygens (including phenoxy) is 2. The predicted octanol–water partition coefficient (Wildman–Crippen LogP) is 4.79. The molecule has 0 atom stereocenters. The Morgan fingerprint density at radius 1 is 1.32 bits per heavy atom. The van der Waals surface area contributed by atoms with Crippen LogP contribution >= 0.6 is 46.0 Å². The monoisotopic (exact) mass is 577 g/mol. The van der Waals surface area contributed by atoms with Crippen LogP contribution in [0.25, 0.3) is 6.08 Å². The molecule has 162 valence electrons. The smallest absolute Gasteiger partial charge is 0.341 e. The van der Waals surface area contributed by atoms with E-state index in [0.717, 1.165) is 22.7 Å². The number of aliphatic carboxylic acids is 1. The zero-order chi connectivity index (χ0) is 22.7. The second-order valence-corrected chi connectivity index (χ2v) is 8.78. The van der Waals surface area contributed by atoms with Gasteiger partial charge in [-0.2, -0.15) is 0 Å². The number of carboxylic acids is 1. The molecule has 0 saturated carbocycles. The van der Waals surface area contributed by atoms with Crippen LogP contribution in [0, 0.1) is 9.39 Å². The fourth-order valence-corrected chi connectivity index (χ4v) is 4.55. The maximum absolute atomic E-state index is 13.2. The average Bonchev–Trinajstić information content (AvgIpc) is 2.95. The summed E-state index contributed by atoms with van der Waals surface area (Å²) in [6.07, 6.45) is 1.53. The number of hydrogen-bond acceptors (Lipinski definition) is 6. The van der Waals surface area contributed by atoms with Gasteiger partial charge in [0.1, 0.15) is 5.82 Å². The molecular formula is C20H14ClFINO6S. The van der Waals surface area contributed by atoms with Gasteiger partial charge in [-0.05, 0) is 75.8 Å². The summed E-state index contributed by atoms with van der Waals surface area (Å²) in [4.78, 5) is 37.1. The summed E-state index contributed by atoms with van der Waals surface area (Å²) in [6, 6.07) is 7.00. The number of benzene rings is 2. The Bertz CT molecular complexity index is 1110. The first-order valence-corrected chi connectivity index (χ1v) is 10.9. The number of nitrogens with zero attached hydrogens (tertiary/aromatic N) is 1. The molecule has 0 spiro atoms. The molecule has 0 unspecified atom stereocenters. The van der Waals surface area contributed by atoms with Crippen LogP contribution in [0.15, 0.2) is 35.2 Å². The van der Waals surface area contributed by atoms with Gasteiger partial charge in [-0.25, -0.2) is 9.18 Å². The van der Waals surface area contributed by atoms with Gasteiger partial charge in [0, 0.05) is 5.02 Å². The second-order valence-electron chi connectivity index (χ2n) is 6.22. The van der Waals surface area contributed by atoms with E-state index in [-0.39, 0.29) is 28.0 Å². The van der Waals surface area contributed by atoms with Gasteiger partial charge < -0.3 is 14.6 Å². The average molecular weight is 578 g/mol. The number of methoxy groups -OCH3 is 1. The van der Waals surface area contributed by atoms with Crippen molar-refractivity contribution in [2.75, 3.05) is 13.7 Å². The lowest BCUT2D eigenvalue weighted by molar-refractivity contribution is -0.139. The van der Waals surface area contributed by atoms with E-state index in [1.54, 1.807) is 12.1 Å². The number of carbonyl (C=O) groups is 3. The highest BCUT2D eigenvalue weighted by Gasteiger charge is 2.35. The van der Waals surface area contributed by atoms with Crippen LogP contribution in [0.4, 0.5) is 9.18 Å². The highest BCUT2D eigenvalue weighted by atomic mass is 127. The molecule has 31 heavy (non-hydrogen) atoms. The van der Waals surface area contributed by atoms with Crippen LogP contribution in [-0.2, 0) is 16.1 Å². The van der Waals surface area contributed by atoms with Crippen molar-refractivity contribution in [3.63, 3.8) is 0 Å². The Labute approximate surface area is 199 Å². The van der Waals surface area contributed by atoms with Gasteiger partial charge in [0.25, 0.3) is 11.1 Å². The first-order chi connectivity index (χ1) is 14.7. The van der Waals surface area contributed by atoms with E-state index in [0.29, 0.717) is 14.7 Å². The fraction of sp³-hybridized carbons (Fsp3) is 0.150. The third-order valence-corrected chi connectivity index (χ3v) is 6.17. The lowest BCUT2D eigenvalue weighted by Gasteiger charge is -2.14. The molecule has 11 heteroatoms. The van der Waals surface area contributed by atoms with Crippen molar-refractivity contribution in [3.05, 3.63) is 60.8 Å². The summed E-state index contributed by atoms with van der Waals surface area (Å²) < 4.78 is 24.3. The third kappa shape index (κ3) is 5.49. The van der Waals surface area contributed by atoms with Crippen molar-refractivity contribution >= 4 is 69.1 Å². The Balaban J connectivity index is 1.85. The number of amides is 2. The van der Waals surface area contributed by atoms with E-state index in [1.165, 1.54) is 25.3 Å². The van der Waals surface area contributed by atoms with Crippen molar-refractivity contribution in [1.82, 2.24) is 4.90 Å². The number of rotatable bonds is 7. The van der Waals surface area contributed by atoms with Gasteiger partial charge in [-0.1, -0.05) is 17.7 Å². The van der Waals surface area contributed by atoms with E-state index < -0.39 is 29.5 Å². The summed E-state index contributed by atoms with van der Waals surface area (Å²) >= 11 is 8.74. The van der Waals surface area contributed by atoms with Gasteiger partial charge in [-0.15, -0.1) is 0 Å². The van der Waals surface area contributed by atoms with Gasteiger partial charge in [0.15, 0.2) is 18.1 Å². The lowest BCUT2D eigenvalue weighted by atomic mass is 10.1. The number of thioether (sulfide) groups is 1. The Morgan fingerprint density at radius 3 is 2.71 bits per heavy atom. The molecule has 0 radical (unpaired) electrons. The van der Waals surface area contributed by atoms with Gasteiger partial charge in [0.2, 0.25) is 0 Å². The van der Waals surface area contributed by atoms with E-state index in [2.05, 4.69) is 0 Å². The minimum atomic E-state index is -1.13. The van der Waals surface area contributed by atoms with E-state index >= 15 is 0 Å². The molecule has 1 N–H and O–H groups in total. The number of imide groups is 1. The fourth-order valence-electron chi connectivity index (χ4n) is 2.71. The predicted molar refractivity (Wildman–Crippen MR) is 122 cm³/mol. The third-order valence-electron chi connectivity index (χ3n) is 4.11. The minimum Gasteiger partial charge on any atom is -0.493 e. The molecule has 1 saturated heterocycles. The Morgan fingerprint density at radius 2 is 2.06 bits per heavy atom. The summed E-state index contributed by atoms with van der Waals surface area (Å²) in [6.45, 7) is -0.611. The van der Waals surface area contributed by atoms with E-state index in [4.69, 9.17) is 26.2 Å². The number of halogens is 3. The Hall–Kier alpha value is -2.31. The SMILES string of the molecule is COc1cc(/C=C2\SC(=O)N(Cc3ccc(F)cc3Cl)C2=O)cc(I)c1OCC(=O)O. The standard InChI is InChI=1S/C20H14ClFINO6S/c1-29-15-5-10(4-14(23)18(15)30-9-17(25)26)6-16-19(27)24(20(28)31-16)8-11-2-3-12(22)7-13(11)21/h2-7H,8-9H2,1H3,(H,25,26)/b16-6-. The summed E-state index contributed by atoms with van der Waals surface area (Å²) in [5.41, 5.74) is 1.01. The second kappa shape index (κ2) is 9.88. The first kappa shape index (κ1) is 23.4. The Kier molecular flexibility index (Phi) is 7.44. The largest absolute Gasteiger partial charge is 0.493 e. The molecule has 1 fully saturated rings. The molecule has 3 rings (SSSR count). The van der Waals surface area contributed by atoms with Gasteiger partial charge >= 0.3 is 5.97 Å². The topological polar surface area (TPSA) is 93.1 Å². The summed E-state index contributed by atoms with van der Waals surface area (Å²) in [5, 5.41) is 8.46. The van der Waals surface area contributed by atoms with Crippen molar-refractivity contribution in [1.29, 1.82) is 0 Å². The molecule has 1 heterocycles. The van der Waals surface area contributed by atoms with Crippen LogP contribution in [0.2, 0.25) is 5.02 Å². The van der Waals surface area contributed by atoms with Crippen LogP contribution in [-0.4, -0.2) is 40.8 Å². The normalized spacial score (nSPS) is 15.0. The number of carbonyl (C=O) groups excluding carboxylic acids is 2. The quantitative estimate of drug-likeness (QED) is 0.374. The molecule has 2 aromatic rings. The molecule has 0 aliphatic carbocycles. The molecule has 0 bridgehead atoms. The van der Waals surface area contributed by atoms with Crippen molar-refractivity contribution < 1.29 is 33.4 Å². The van der Waals surface area contributed by atoms with Crippen molar-refractivity contribution in [3.8, 4) is 11.5 Å². The molecular weight excluding hydrogens is 564 g/mol. The zero-order valence-electron chi connectivity index (χ0n) is 15.9. The van der Waals surface area contributed by atoms with Crippen molar-refractivity contribution in [2.24, 2.45) is 0 Å². The van der Waals surface area contributed by atoms with Crippen molar-refractivity contribution in [2.45, 2.75) is 6.54 Å². The highest BCUT2D eigenvalue weighted by molar-refractivity contribution is 14.1. The van der Waals surface area contributed by atoms with Crippen LogP contribution in [0.5, 0.6) is 11.5 Å². The van der Waals surface area contributed by atoms with Gasteiger partial charge in [-0.3, -0.25) is 14.5 Å². The minimum absolute atomic E-state index is 0.0794. The van der Waals surface area contributed by atoms with Gasteiger partial charge in [0.05, 0.1) is 22.1 Å². The van der Waals surface area contributed by atoms with Crippen LogP contribution in [0.3, 0.4) is 0 Å². The van der Waals surface area contributed by atoms with E-state index in [9.17, 15) is 18.8 Å². The van der Waals surface area contributed by atoms with Crippen LogP contribution in [0.1, 0.15) is 11.1 Å². The van der Waals surface area contributed by atoms with Crippen LogP contribution < -0.4 is 9.47 Å². The lowest BCUT2D eigenvalue weighted by Crippen LogP contribution is -2.27. The zero-order valence-corrected chi connectivity index (χ0v) is 19.6. The number of hydrogen-bond donors (Lipinski definition) is 1. The van der Waals surface area contributed by atoms with E-state index in [1.807, 2.05) is 22.6 Å². The maximum Gasteiger partial charge on any atom is 0.341 e. The maximum atomic E-state index is 13.2. The molecule has 1 aliphatic heterocycles. The summed E-state index contributed by atoms with van der Waals surface area (Å²) in [5.74, 6) is -1.59. The molecule has 1 aliphatic rings. The highest BCUT2D eigenvalue weighted by Crippen LogP contribution is 2.38.